The van der Waals surface area contributed by atoms with Crippen molar-refractivity contribution in [3.8, 4) is 17.2 Å². The van der Waals surface area contributed by atoms with E-state index in [1.165, 1.54) is 24.3 Å². The van der Waals surface area contributed by atoms with E-state index in [1.807, 2.05) is 0 Å². The van der Waals surface area contributed by atoms with Gasteiger partial charge in [-0.2, -0.15) is 0 Å². The van der Waals surface area contributed by atoms with Gasteiger partial charge in [-0.1, -0.05) is 18.2 Å². The molecule has 0 aromatic heterocycles. The van der Waals surface area contributed by atoms with E-state index in [2.05, 4.69) is 5.32 Å². The van der Waals surface area contributed by atoms with Gasteiger partial charge in [0.1, 0.15) is 23.3 Å². The van der Waals surface area contributed by atoms with Crippen LogP contribution in [-0.2, 0) is 11.2 Å². The molecule has 2 unspecified atom stereocenters. The summed E-state index contributed by atoms with van der Waals surface area (Å²) >= 11 is 0. The maximum atomic E-state index is 11.5. The van der Waals surface area contributed by atoms with Crippen LogP contribution in [0.15, 0.2) is 42.5 Å². The van der Waals surface area contributed by atoms with Gasteiger partial charge in [0.25, 0.3) is 0 Å². The van der Waals surface area contributed by atoms with Crippen molar-refractivity contribution in [2.75, 3.05) is 0 Å². The fraction of sp³-hybridized carbons (Fsp3) is 0.235. The minimum Gasteiger partial charge on any atom is -0.508 e. The van der Waals surface area contributed by atoms with Crippen molar-refractivity contribution in [3.63, 3.8) is 0 Å². The Labute approximate surface area is 133 Å². The van der Waals surface area contributed by atoms with Gasteiger partial charge >= 0.3 is 5.97 Å². The lowest BCUT2D eigenvalue weighted by molar-refractivity contribution is -0.139. The van der Waals surface area contributed by atoms with Crippen LogP contribution >= 0.6 is 0 Å². The molecule has 5 N–H and O–H groups in total. The fourth-order valence-corrected chi connectivity index (χ4v) is 2.38. The number of nitrogens with one attached hydrogen (secondary N) is 1. The second-order valence-electron chi connectivity index (χ2n) is 5.39. The number of benzene rings is 2. The quantitative estimate of drug-likeness (QED) is 0.558. The van der Waals surface area contributed by atoms with E-state index in [4.69, 9.17) is 0 Å². The molecule has 2 aromatic carbocycles. The highest BCUT2D eigenvalue weighted by atomic mass is 16.4. The SMILES string of the molecule is CC(NC(Cc1ccc(O)cc1)C(=O)O)c1ccc(O)cc1O. The second kappa shape index (κ2) is 7.02. The number of hydrogen-bond acceptors (Lipinski definition) is 5. The monoisotopic (exact) mass is 317 g/mol. The second-order valence-corrected chi connectivity index (χ2v) is 5.39. The summed E-state index contributed by atoms with van der Waals surface area (Å²) in [6.45, 7) is 1.73. The third-order valence-corrected chi connectivity index (χ3v) is 3.61. The van der Waals surface area contributed by atoms with E-state index in [-0.39, 0.29) is 23.7 Å². The number of carboxylic acid groups (broad SMARTS) is 1. The molecule has 0 aliphatic heterocycles. The number of aliphatic carboxylic acids is 1. The molecule has 122 valence electrons. The average molecular weight is 317 g/mol. The van der Waals surface area contributed by atoms with Crippen molar-refractivity contribution >= 4 is 5.97 Å². The van der Waals surface area contributed by atoms with Crippen molar-refractivity contribution in [2.45, 2.75) is 25.4 Å². The molecule has 0 spiro atoms. The summed E-state index contributed by atoms with van der Waals surface area (Å²) < 4.78 is 0. The molecule has 6 nitrogen and oxygen atoms in total. The van der Waals surface area contributed by atoms with E-state index in [0.717, 1.165) is 5.56 Å². The van der Waals surface area contributed by atoms with Crippen LogP contribution in [0.1, 0.15) is 24.1 Å². The topological polar surface area (TPSA) is 110 Å². The molecule has 0 heterocycles. The maximum Gasteiger partial charge on any atom is 0.321 e. The smallest absolute Gasteiger partial charge is 0.321 e. The van der Waals surface area contributed by atoms with E-state index < -0.39 is 18.1 Å². The van der Waals surface area contributed by atoms with Gasteiger partial charge in [0.15, 0.2) is 0 Å². The largest absolute Gasteiger partial charge is 0.508 e. The maximum absolute atomic E-state index is 11.5. The summed E-state index contributed by atoms with van der Waals surface area (Å²) in [6, 6.07) is 9.24. The Balaban J connectivity index is 2.12. The molecule has 0 radical (unpaired) electrons. The molecule has 0 saturated carbocycles. The Kier molecular flexibility index (Phi) is 5.08. The van der Waals surface area contributed by atoms with Crippen molar-refractivity contribution in [1.82, 2.24) is 5.32 Å². The molecule has 0 aliphatic rings. The summed E-state index contributed by atoms with van der Waals surface area (Å²) in [7, 11) is 0. The lowest BCUT2D eigenvalue weighted by Crippen LogP contribution is -2.40. The number of carboxylic acids is 1. The lowest BCUT2D eigenvalue weighted by atomic mass is 10.0. The number of carbonyl (C=O) groups is 1. The third-order valence-electron chi connectivity index (χ3n) is 3.61. The van der Waals surface area contributed by atoms with Gasteiger partial charge in [0, 0.05) is 17.7 Å². The minimum absolute atomic E-state index is 0.0580. The highest BCUT2D eigenvalue weighted by Gasteiger charge is 2.22. The Morgan fingerprint density at radius 2 is 1.65 bits per heavy atom. The Hall–Kier alpha value is -2.73. The number of phenols is 3. The predicted molar refractivity (Wildman–Crippen MR) is 84.6 cm³/mol. The van der Waals surface area contributed by atoms with Crippen LogP contribution in [0.3, 0.4) is 0 Å². The lowest BCUT2D eigenvalue weighted by Gasteiger charge is -2.21. The molecule has 0 bridgehead atoms. The molecule has 0 aliphatic carbocycles. The summed E-state index contributed by atoms with van der Waals surface area (Å²) in [5.41, 5.74) is 1.27. The highest BCUT2D eigenvalue weighted by molar-refractivity contribution is 5.74. The van der Waals surface area contributed by atoms with E-state index >= 15 is 0 Å². The van der Waals surface area contributed by atoms with E-state index in [9.17, 15) is 25.2 Å². The first-order valence-electron chi connectivity index (χ1n) is 7.15. The van der Waals surface area contributed by atoms with Crippen LogP contribution in [-0.4, -0.2) is 32.4 Å². The zero-order chi connectivity index (χ0) is 17.0. The Bertz CT molecular complexity index is 684. The van der Waals surface area contributed by atoms with E-state index in [1.54, 1.807) is 25.1 Å². The molecule has 0 amide bonds. The zero-order valence-electron chi connectivity index (χ0n) is 12.6. The molecule has 0 saturated heterocycles. The van der Waals surface area contributed by atoms with Crippen LogP contribution in [0.2, 0.25) is 0 Å². The zero-order valence-corrected chi connectivity index (χ0v) is 12.6. The number of rotatable bonds is 6. The Morgan fingerprint density at radius 1 is 1.04 bits per heavy atom. The summed E-state index contributed by atoms with van der Waals surface area (Å²) in [5.74, 6) is -1.05. The van der Waals surface area contributed by atoms with E-state index in [0.29, 0.717) is 5.56 Å². The molecular weight excluding hydrogens is 298 g/mol. The van der Waals surface area contributed by atoms with Crippen LogP contribution in [0.5, 0.6) is 17.2 Å². The summed E-state index contributed by atoms with van der Waals surface area (Å²) in [5, 5.41) is 40.8. The van der Waals surface area contributed by atoms with Crippen LogP contribution in [0.25, 0.3) is 0 Å². The highest BCUT2D eigenvalue weighted by Crippen LogP contribution is 2.28. The van der Waals surface area contributed by atoms with Crippen molar-refractivity contribution in [1.29, 1.82) is 0 Å². The number of aromatic hydroxyl groups is 3. The van der Waals surface area contributed by atoms with Crippen LogP contribution in [0.4, 0.5) is 0 Å². The van der Waals surface area contributed by atoms with Gasteiger partial charge in [-0.25, -0.2) is 0 Å². The molecule has 23 heavy (non-hydrogen) atoms. The molecule has 2 rings (SSSR count). The van der Waals surface area contributed by atoms with Crippen molar-refractivity contribution < 1.29 is 25.2 Å². The normalized spacial score (nSPS) is 13.4. The van der Waals surface area contributed by atoms with Crippen LogP contribution in [0, 0.1) is 0 Å². The minimum atomic E-state index is -1.01. The molecular formula is C17H19NO5. The van der Waals surface area contributed by atoms with Crippen molar-refractivity contribution in [3.05, 3.63) is 53.6 Å². The van der Waals surface area contributed by atoms with Crippen LogP contribution < -0.4 is 5.32 Å². The Morgan fingerprint density at radius 3 is 2.22 bits per heavy atom. The number of hydrogen-bond donors (Lipinski definition) is 5. The van der Waals surface area contributed by atoms with Gasteiger partial charge in [-0.15, -0.1) is 0 Å². The van der Waals surface area contributed by atoms with Gasteiger partial charge in [-0.05, 0) is 37.1 Å². The number of phenolic OH excluding ortho intramolecular Hbond substituents is 3. The molecule has 2 aromatic rings. The predicted octanol–water partition coefficient (Wildman–Crippen LogP) is 2.15. The molecule has 6 heteroatoms. The molecule has 0 fully saturated rings. The first-order chi connectivity index (χ1) is 10.9. The van der Waals surface area contributed by atoms with Gasteiger partial charge in [-0.3, -0.25) is 10.1 Å². The van der Waals surface area contributed by atoms with Gasteiger partial charge in [0.2, 0.25) is 0 Å². The average Bonchev–Trinajstić information content (AvgIpc) is 2.48. The standard InChI is InChI=1S/C17H19NO5/c1-10(14-7-6-13(20)9-16(14)21)18-15(17(22)23)8-11-2-4-12(19)5-3-11/h2-7,9-10,15,18-21H,8H2,1H3,(H,22,23). The van der Waals surface area contributed by atoms with Crippen molar-refractivity contribution in [2.24, 2.45) is 0 Å². The summed E-state index contributed by atoms with van der Waals surface area (Å²) in [6.07, 6.45) is 0.235. The first-order valence-corrected chi connectivity index (χ1v) is 7.15. The summed E-state index contributed by atoms with van der Waals surface area (Å²) in [4.78, 5) is 11.5. The molecule has 2 atom stereocenters. The van der Waals surface area contributed by atoms with Gasteiger partial charge < -0.3 is 20.4 Å². The fourth-order valence-electron chi connectivity index (χ4n) is 2.38. The van der Waals surface area contributed by atoms with Gasteiger partial charge in [0.05, 0.1) is 0 Å². The first kappa shape index (κ1) is 16.6. The third kappa shape index (κ3) is 4.37.